The molecule has 0 unspecified atom stereocenters. The second kappa shape index (κ2) is 5.38. The van der Waals surface area contributed by atoms with Gasteiger partial charge in [0, 0.05) is 30.6 Å². The lowest BCUT2D eigenvalue weighted by atomic mass is 10.1. The topological polar surface area (TPSA) is 51.4 Å². The summed E-state index contributed by atoms with van der Waals surface area (Å²) < 4.78 is 5.77. The lowest BCUT2D eigenvalue weighted by Crippen LogP contribution is -2.44. The molecule has 0 saturated carbocycles. The van der Waals surface area contributed by atoms with E-state index in [1.165, 1.54) is 0 Å². The summed E-state index contributed by atoms with van der Waals surface area (Å²) in [6.07, 6.45) is 0.543. The van der Waals surface area contributed by atoms with Crippen molar-refractivity contribution in [1.29, 1.82) is 0 Å². The third-order valence-corrected chi connectivity index (χ3v) is 3.73. The van der Waals surface area contributed by atoms with Crippen LogP contribution in [0.25, 0.3) is 10.9 Å². The summed E-state index contributed by atoms with van der Waals surface area (Å²) in [6, 6.07) is 10.2. The van der Waals surface area contributed by atoms with E-state index in [0.717, 1.165) is 36.1 Å². The van der Waals surface area contributed by atoms with Crippen LogP contribution >= 0.6 is 0 Å². The van der Waals surface area contributed by atoms with Crippen LogP contribution in [0.3, 0.4) is 0 Å². The molecular formula is C16H21N3O. The Balaban J connectivity index is 1.85. The molecule has 1 aliphatic rings. The van der Waals surface area contributed by atoms with Gasteiger partial charge in [0.15, 0.2) is 0 Å². The van der Waals surface area contributed by atoms with Gasteiger partial charge in [0.25, 0.3) is 0 Å². The smallest absolute Gasteiger partial charge is 0.128 e. The van der Waals surface area contributed by atoms with Gasteiger partial charge in [-0.1, -0.05) is 18.2 Å². The first-order chi connectivity index (χ1) is 9.61. The van der Waals surface area contributed by atoms with Crippen molar-refractivity contribution in [2.75, 3.05) is 18.8 Å². The van der Waals surface area contributed by atoms with Crippen LogP contribution in [0.2, 0.25) is 0 Å². The molecule has 4 nitrogen and oxygen atoms in total. The van der Waals surface area contributed by atoms with Crippen molar-refractivity contribution in [1.82, 2.24) is 9.88 Å². The number of ether oxygens (including phenoxy) is 1. The van der Waals surface area contributed by atoms with Crippen molar-refractivity contribution >= 4 is 16.7 Å². The highest BCUT2D eigenvalue weighted by Gasteiger charge is 2.22. The van der Waals surface area contributed by atoms with Crippen LogP contribution in [-0.4, -0.2) is 35.2 Å². The molecule has 1 saturated heterocycles. The second-order valence-corrected chi connectivity index (χ2v) is 5.68. The zero-order valence-corrected chi connectivity index (χ0v) is 12.0. The number of benzene rings is 1. The zero-order chi connectivity index (χ0) is 14.1. The molecule has 4 heteroatoms. The van der Waals surface area contributed by atoms with E-state index in [4.69, 9.17) is 10.5 Å². The molecule has 3 rings (SSSR count). The Kier molecular flexibility index (Phi) is 3.59. The summed E-state index contributed by atoms with van der Waals surface area (Å²) in [4.78, 5) is 6.89. The van der Waals surface area contributed by atoms with Crippen molar-refractivity contribution < 1.29 is 4.74 Å². The first-order valence-corrected chi connectivity index (χ1v) is 7.14. The number of pyridine rings is 1. The van der Waals surface area contributed by atoms with Crippen LogP contribution in [0.1, 0.15) is 19.4 Å². The summed E-state index contributed by atoms with van der Waals surface area (Å²) in [7, 11) is 0. The van der Waals surface area contributed by atoms with Gasteiger partial charge in [-0.2, -0.15) is 0 Å². The predicted octanol–water partition coefficient (Wildman–Crippen LogP) is 2.43. The summed E-state index contributed by atoms with van der Waals surface area (Å²) >= 11 is 0. The third kappa shape index (κ3) is 2.76. The number of nitrogens with two attached hydrogens (primary N) is 1. The van der Waals surface area contributed by atoms with E-state index >= 15 is 0 Å². The van der Waals surface area contributed by atoms with Gasteiger partial charge in [-0.25, -0.2) is 4.98 Å². The van der Waals surface area contributed by atoms with Crippen LogP contribution in [-0.2, 0) is 11.3 Å². The molecule has 0 aliphatic carbocycles. The van der Waals surface area contributed by atoms with E-state index in [1.807, 2.05) is 18.2 Å². The molecule has 0 spiro atoms. The summed E-state index contributed by atoms with van der Waals surface area (Å²) in [5.74, 6) is 0.635. The number of nitrogens with zero attached hydrogens (tertiary/aromatic N) is 2. The van der Waals surface area contributed by atoms with Crippen LogP contribution in [0.5, 0.6) is 0 Å². The third-order valence-electron chi connectivity index (χ3n) is 3.73. The SMILES string of the molecule is C[C@@H]1CN(Cc2cc3ccccc3nc2N)C[C@H](C)O1. The maximum Gasteiger partial charge on any atom is 0.128 e. The Morgan fingerprint density at radius 2 is 1.95 bits per heavy atom. The van der Waals surface area contributed by atoms with Crippen LogP contribution in [0.15, 0.2) is 30.3 Å². The predicted molar refractivity (Wildman–Crippen MR) is 81.4 cm³/mol. The largest absolute Gasteiger partial charge is 0.383 e. The van der Waals surface area contributed by atoms with E-state index in [1.54, 1.807) is 0 Å². The van der Waals surface area contributed by atoms with E-state index in [-0.39, 0.29) is 12.2 Å². The minimum Gasteiger partial charge on any atom is -0.383 e. The van der Waals surface area contributed by atoms with Gasteiger partial charge < -0.3 is 10.5 Å². The quantitative estimate of drug-likeness (QED) is 0.911. The Labute approximate surface area is 119 Å². The molecule has 0 radical (unpaired) electrons. The molecule has 2 aromatic rings. The van der Waals surface area contributed by atoms with Crippen molar-refractivity contribution in [2.45, 2.75) is 32.6 Å². The number of rotatable bonds is 2. The molecule has 1 fully saturated rings. The highest BCUT2D eigenvalue weighted by Crippen LogP contribution is 2.21. The summed E-state index contributed by atoms with van der Waals surface area (Å²) in [5.41, 5.74) is 8.16. The van der Waals surface area contributed by atoms with Gasteiger partial charge in [-0.05, 0) is 26.0 Å². The maximum atomic E-state index is 6.10. The van der Waals surface area contributed by atoms with Gasteiger partial charge in [0.2, 0.25) is 0 Å². The van der Waals surface area contributed by atoms with E-state index in [2.05, 4.69) is 35.9 Å². The fourth-order valence-electron chi connectivity index (χ4n) is 2.96. The molecule has 106 valence electrons. The fraction of sp³-hybridized carbons (Fsp3) is 0.438. The Bertz CT molecular complexity index is 604. The van der Waals surface area contributed by atoms with Gasteiger partial charge in [-0.15, -0.1) is 0 Å². The average molecular weight is 271 g/mol. The molecule has 1 aromatic carbocycles. The summed E-state index contributed by atoms with van der Waals surface area (Å²) in [6.45, 7) is 6.95. The highest BCUT2D eigenvalue weighted by molar-refractivity contribution is 5.81. The van der Waals surface area contributed by atoms with Crippen molar-refractivity contribution in [2.24, 2.45) is 0 Å². The maximum absolute atomic E-state index is 6.10. The number of aromatic nitrogens is 1. The Morgan fingerprint density at radius 1 is 1.25 bits per heavy atom. The number of anilines is 1. The van der Waals surface area contributed by atoms with Gasteiger partial charge >= 0.3 is 0 Å². The Morgan fingerprint density at radius 3 is 2.70 bits per heavy atom. The minimum atomic E-state index is 0.272. The molecule has 0 amide bonds. The number of hydrogen-bond donors (Lipinski definition) is 1. The standard InChI is InChI=1S/C16H21N3O/c1-11-8-19(9-12(2)20-11)10-14-7-13-5-3-4-6-15(13)18-16(14)17/h3-7,11-12H,8-10H2,1-2H3,(H2,17,18)/t11-,12+. The lowest BCUT2D eigenvalue weighted by Gasteiger charge is -2.35. The van der Waals surface area contributed by atoms with E-state index in [0.29, 0.717) is 5.82 Å². The molecule has 1 aromatic heterocycles. The fourth-order valence-corrected chi connectivity index (χ4v) is 2.96. The molecule has 2 heterocycles. The number of nitrogen functional groups attached to an aromatic ring is 1. The minimum absolute atomic E-state index is 0.272. The van der Waals surface area contributed by atoms with Crippen molar-refractivity contribution in [3.8, 4) is 0 Å². The molecule has 20 heavy (non-hydrogen) atoms. The van der Waals surface area contributed by atoms with E-state index in [9.17, 15) is 0 Å². The van der Waals surface area contributed by atoms with Crippen LogP contribution < -0.4 is 5.73 Å². The summed E-state index contributed by atoms with van der Waals surface area (Å²) in [5, 5.41) is 1.14. The number of fused-ring (bicyclic) bond motifs is 1. The average Bonchev–Trinajstić information content (AvgIpc) is 2.38. The molecule has 2 atom stereocenters. The number of morpholine rings is 1. The lowest BCUT2D eigenvalue weighted by molar-refractivity contribution is -0.0704. The van der Waals surface area contributed by atoms with Gasteiger partial charge in [0.05, 0.1) is 17.7 Å². The van der Waals surface area contributed by atoms with Crippen molar-refractivity contribution in [3.05, 3.63) is 35.9 Å². The molecule has 1 aliphatic heterocycles. The monoisotopic (exact) mass is 271 g/mol. The van der Waals surface area contributed by atoms with E-state index < -0.39 is 0 Å². The highest BCUT2D eigenvalue weighted by atomic mass is 16.5. The van der Waals surface area contributed by atoms with Crippen molar-refractivity contribution in [3.63, 3.8) is 0 Å². The number of para-hydroxylation sites is 1. The first kappa shape index (κ1) is 13.3. The number of hydrogen-bond acceptors (Lipinski definition) is 4. The normalized spacial score (nSPS) is 24.1. The van der Waals surface area contributed by atoms with Crippen LogP contribution in [0, 0.1) is 0 Å². The molecule has 2 N–H and O–H groups in total. The van der Waals surface area contributed by atoms with Gasteiger partial charge in [-0.3, -0.25) is 4.90 Å². The van der Waals surface area contributed by atoms with Crippen LogP contribution in [0.4, 0.5) is 5.82 Å². The Hall–Kier alpha value is -1.65. The van der Waals surface area contributed by atoms with Gasteiger partial charge in [0.1, 0.15) is 5.82 Å². The zero-order valence-electron chi connectivity index (χ0n) is 12.0. The first-order valence-electron chi connectivity index (χ1n) is 7.14. The molecule has 0 bridgehead atoms. The molecular weight excluding hydrogens is 250 g/mol. The second-order valence-electron chi connectivity index (χ2n) is 5.68.